The highest BCUT2D eigenvalue weighted by atomic mass is 32.2. The molecule has 0 radical (unpaired) electrons. The third-order valence-electron chi connectivity index (χ3n) is 3.81. The number of carbonyl (C=O) groups excluding carboxylic acids is 1. The highest BCUT2D eigenvalue weighted by molar-refractivity contribution is 7.99. The van der Waals surface area contributed by atoms with Crippen molar-refractivity contribution < 1.29 is 14.7 Å². The van der Waals surface area contributed by atoms with Crippen LogP contribution in [0.25, 0.3) is 0 Å². The summed E-state index contributed by atoms with van der Waals surface area (Å²) in [5, 5.41) is 11.2. The molecule has 0 aliphatic heterocycles. The van der Waals surface area contributed by atoms with Gasteiger partial charge in [0.2, 0.25) is 5.91 Å². The fraction of sp³-hybridized carbons (Fsp3) is 0.545. The topological polar surface area (TPSA) is 66.4 Å². The number of carboxylic acids is 1. The molecule has 0 saturated carbocycles. The number of carboxylic acid groups (broad SMARTS) is 1. The molecule has 0 aromatic heterocycles. The fourth-order valence-corrected chi connectivity index (χ4v) is 3.24. The van der Waals surface area contributed by atoms with Crippen molar-refractivity contribution in [3.8, 4) is 0 Å². The number of allylic oxidation sites excluding steroid dienone is 5. The van der Waals surface area contributed by atoms with Gasteiger partial charge >= 0.3 is 5.97 Å². The number of rotatable bonds is 13. The zero-order valence-corrected chi connectivity index (χ0v) is 18.2. The van der Waals surface area contributed by atoms with Gasteiger partial charge in [0.25, 0.3) is 0 Å². The Hall–Kier alpha value is -1.75. The van der Waals surface area contributed by atoms with Crippen LogP contribution < -0.4 is 5.32 Å². The minimum atomic E-state index is -1.12. The molecular formula is C22H35NO3S. The van der Waals surface area contributed by atoms with E-state index in [-0.39, 0.29) is 11.9 Å². The Bertz CT molecular complexity index is 584. The van der Waals surface area contributed by atoms with Gasteiger partial charge in [0.15, 0.2) is 0 Å². The van der Waals surface area contributed by atoms with Crippen molar-refractivity contribution >= 4 is 23.6 Å². The molecule has 1 amide bonds. The van der Waals surface area contributed by atoms with Gasteiger partial charge < -0.3 is 10.4 Å². The predicted molar refractivity (Wildman–Crippen MR) is 117 cm³/mol. The third kappa shape index (κ3) is 17.4. The summed E-state index contributed by atoms with van der Waals surface area (Å²) in [6.07, 6.45) is 13.2. The fourth-order valence-electron chi connectivity index (χ4n) is 2.26. The largest absolute Gasteiger partial charge is 0.478 e. The summed E-state index contributed by atoms with van der Waals surface area (Å²) in [4.78, 5) is 21.8. The Kier molecular flexibility index (Phi) is 14.3. The van der Waals surface area contributed by atoms with Crippen LogP contribution in [-0.4, -0.2) is 34.5 Å². The van der Waals surface area contributed by atoms with Gasteiger partial charge in [0.05, 0.1) is 0 Å². The highest BCUT2D eigenvalue weighted by Gasteiger charge is 2.04. The molecule has 1 atom stereocenters. The van der Waals surface area contributed by atoms with Crippen molar-refractivity contribution in [3.63, 3.8) is 0 Å². The molecule has 5 heteroatoms. The first-order valence-electron chi connectivity index (χ1n) is 9.44. The number of nitrogens with one attached hydrogen (secondary N) is 1. The van der Waals surface area contributed by atoms with Gasteiger partial charge in [-0.05, 0) is 60.3 Å². The van der Waals surface area contributed by atoms with Crippen LogP contribution in [0, 0.1) is 0 Å². The van der Waals surface area contributed by atoms with E-state index < -0.39 is 5.97 Å². The quantitative estimate of drug-likeness (QED) is 0.254. The SMILES string of the molecule is CC(C)=CCC/C(C)=C/CC/C(C)=C/CSC[C@@H](C)NC(=O)/C=C/C(=O)O. The summed E-state index contributed by atoms with van der Waals surface area (Å²) in [5.41, 5.74) is 4.22. The Morgan fingerprint density at radius 3 is 2.15 bits per heavy atom. The second kappa shape index (κ2) is 15.3. The molecule has 4 nitrogen and oxygen atoms in total. The lowest BCUT2D eigenvalue weighted by Crippen LogP contribution is -2.33. The van der Waals surface area contributed by atoms with Gasteiger partial charge in [-0.25, -0.2) is 4.79 Å². The Balaban J connectivity index is 3.97. The van der Waals surface area contributed by atoms with Crippen LogP contribution in [0.1, 0.15) is 60.3 Å². The average molecular weight is 394 g/mol. The maximum atomic E-state index is 11.5. The van der Waals surface area contributed by atoms with E-state index in [1.54, 1.807) is 11.8 Å². The predicted octanol–water partition coefficient (Wildman–Crippen LogP) is 5.28. The number of aliphatic carboxylic acids is 1. The molecule has 0 rings (SSSR count). The number of carbonyl (C=O) groups is 2. The van der Waals surface area contributed by atoms with Crippen LogP contribution in [0.2, 0.25) is 0 Å². The van der Waals surface area contributed by atoms with Crippen molar-refractivity contribution in [2.45, 2.75) is 66.3 Å². The van der Waals surface area contributed by atoms with Crippen molar-refractivity contribution in [1.29, 1.82) is 0 Å². The minimum absolute atomic E-state index is 0.000964. The molecule has 0 bridgehead atoms. The first-order chi connectivity index (χ1) is 12.7. The van der Waals surface area contributed by atoms with Crippen LogP contribution in [-0.2, 0) is 9.59 Å². The normalized spacial score (nSPS) is 13.5. The first-order valence-corrected chi connectivity index (χ1v) is 10.6. The molecular weight excluding hydrogens is 358 g/mol. The van der Waals surface area contributed by atoms with Crippen molar-refractivity contribution in [1.82, 2.24) is 5.32 Å². The molecule has 0 spiro atoms. The maximum absolute atomic E-state index is 11.5. The van der Waals surface area contributed by atoms with Crippen LogP contribution in [0.5, 0.6) is 0 Å². The van der Waals surface area contributed by atoms with E-state index in [2.05, 4.69) is 51.2 Å². The van der Waals surface area contributed by atoms with Crippen molar-refractivity contribution in [2.75, 3.05) is 11.5 Å². The van der Waals surface area contributed by atoms with E-state index in [4.69, 9.17) is 5.11 Å². The molecule has 0 saturated heterocycles. The third-order valence-corrected chi connectivity index (χ3v) is 4.94. The first kappa shape index (κ1) is 25.2. The average Bonchev–Trinajstić information content (AvgIpc) is 2.56. The van der Waals surface area contributed by atoms with Crippen LogP contribution >= 0.6 is 11.8 Å². The summed E-state index contributed by atoms with van der Waals surface area (Å²) in [5.74, 6) is 0.217. The standard InChI is InChI=1S/C22H35NO3S/c1-17(2)8-6-9-18(3)10-7-11-19(4)14-15-27-16-20(5)23-21(24)12-13-22(25)26/h8,10,12-14,20H,6-7,9,11,15-16H2,1-5H3,(H,23,24)(H,25,26)/b13-12+,18-10+,19-14+/t20-/m1/s1. The van der Waals surface area contributed by atoms with E-state index in [1.807, 2.05) is 6.92 Å². The van der Waals surface area contributed by atoms with Crippen molar-refractivity contribution in [2.24, 2.45) is 0 Å². The number of hydrogen-bond donors (Lipinski definition) is 2. The second-order valence-corrected chi connectivity index (χ2v) is 8.15. The van der Waals surface area contributed by atoms with Gasteiger partial charge in [-0.1, -0.05) is 34.9 Å². The summed E-state index contributed by atoms with van der Waals surface area (Å²) in [6.45, 7) is 10.6. The highest BCUT2D eigenvalue weighted by Crippen LogP contribution is 2.12. The van der Waals surface area contributed by atoms with Gasteiger partial charge in [0, 0.05) is 29.7 Å². The zero-order valence-electron chi connectivity index (χ0n) is 17.4. The summed E-state index contributed by atoms with van der Waals surface area (Å²) in [7, 11) is 0. The van der Waals surface area contributed by atoms with Crippen LogP contribution in [0.3, 0.4) is 0 Å². The summed E-state index contributed by atoms with van der Waals surface area (Å²) >= 11 is 1.76. The Morgan fingerprint density at radius 2 is 1.56 bits per heavy atom. The minimum Gasteiger partial charge on any atom is -0.478 e. The van der Waals surface area contributed by atoms with Gasteiger partial charge in [-0.2, -0.15) is 11.8 Å². The summed E-state index contributed by atoms with van der Waals surface area (Å²) in [6, 6.07) is 0.000964. The molecule has 152 valence electrons. The van der Waals surface area contributed by atoms with Crippen LogP contribution in [0.15, 0.2) is 47.1 Å². The van der Waals surface area contributed by atoms with E-state index in [0.717, 1.165) is 49.3 Å². The molecule has 0 heterocycles. The molecule has 0 unspecified atom stereocenters. The zero-order chi connectivity index (χ0) is 20.7. The van der Waals surface area contributed by atoms with E-state index in [1.165, 1.54) is 16.7 Å². The van der Waals surface area contributed by atoms with E-state index in [9.17, 15) is 9.59 Å². The molecule has 0 aromatic rings. The molecule has 0 aliphatic rings. The number of hydrogen-bond acceptors (Lipinski definition) is 3. The van der Waals surface area contributed by atoms with Gasteiger partial charge in [0.1, 0.15) is 0 Å². The second-order valence-electron chi connectivity index (χ2n) is 7.08. The maximum Gasteiger partial charge on any atom is 0.328 e. The molecule has 2 N–H and O–H groups in total. The summed E-state index contributed by atoms with van der Waals surface area (Å²) < 4.78 is 0. The molecule has 0 aliphatic carbocycles. The van der Waals surface area contributed by atoms with Gasteiger partial charge in [-0.15, -0.1) is 0 Å². The van der Waals surface area contributed by atoms with Crippen molar-refractivity contribution in [3.05, 3.63) is 47.1 Å². The lowest BCUT2D eigenvalue weighted by atomic mass is 10.1. The van der Waals surface area contributed by atoms with E-state index in [0.29, 0.717) is 0 Å². The lowest BCUT2D eigenvalue weighted by Gasteiger charge is -2.11. The monoisotopic (exact) mass is 393 g/mol. The lowest BCUT2D eigenvalue weighted by molar-refractivity contribution is -0.131. The van der Waals surface area contributed by atoms with Crippen LogP contribution in [0.4, 0.5) is 0 Å². The van der Waals surface area contributed by atoms with E-state index >= 15 is 0 Å². The Morgan fingerprint density at radius 1 is 0.963 bits per heavy atom. The number of thioether (sulfide) groups is 1. The van der Waals surface area contributed by atoms with Gasteiger partial charge in [-0.3, -0.25) is 4.79 Å². The smallest absolute Gasteiger partial charge is 0.328 e. The molecule has 0 fully saturated rings. The molecule has 0 aromatic carbocycles. The Labute approximate surface area is 168 Å². The molecule has 27 heavy (non-hydrogen) atoms. The number of amides is 1.